The molecule has 1 aromatic rings. The summed E-state index contributed by atoms with van der Waals surface area (Å²) in [7, 11) is 0. The normalized spacial score (nSPS) is 18.1. The Morgan fingerprint density at radius 1 is 1.36 bits per heavy atom. The third kappa shape index (κ3) is 7.02. The Hall–Kier alpha value is -1.62. The first kappa shape index (κ1) is 19.7. The maximum Gasteiger partial charge on any atom is 0.130 e. The van der Waals surface area contributed by atoms with E-state index in [-0.39, 0.29) is 5.54 Å². The molecule has 0 bridgehead atoms. The van der Waals surface area contributed by atoms with Gasteiger partial charge in [0.05, 0.1) is 5.69 Å². The minimum absolute atomic E-state index is 0.139. The predicted molar refractivity (Wildman–Crippen MR) is 105 cm³/mol. The number of nitrogens with zero attached hydrogens (tertiary/aromatic N) is 3. The van der Waals surface area contributed by atoms with Crippen LogP contribution in [0.25, 0.3) is 0 Å². The molecule has 1 unspecified atom stereocenters. The molecule has 0 aliphatic carbocycles. The van der Waals surface area contributed by atoms with Crippen LogP contribution < -0.4 is 10.2 Å². The predicted octanol–water partition coefficient (Wildman–Crippen LogP) is 3.94. The highest BCUT2D eigenvalue weighted by Crippen LogP contribution is 2.20. The standard InChI is InChI=1S/C20H35N5/c1-6-7-9-17-14-19(22-16(2)11-12-21-24-17)25-13-8-10-18(15-25)23-20(3,4)5/h11-12,14,18,21,23H,6-10,13,15H2,1-5H3. The lowest BCUT2D eigenvalue weighted by atomic mass is 10.0. The van der Waals surface area contributed by atoms with Crippen molar-refractivity contribution in [2.75, 3.05) is 18.0 Å². The van der Waals surface area contributed by atoms with Crippen molar-refractivity contribution in [1.29, 1.82) is 0 Å². The maximum absolute atomic E-state index is 4.88. The number of piperidine rings is 1. The van der Waals surface area contributed by atoms with E-state index in [0.717, 1.165) is 43.1 Å². The summed E-state index contributed by atoms with van der Waals surface area (Å²) in [6.07, 6.45) is 7.57. The maximum atomic E-state index is 4.88. The monoisotopic (exact) mass is 345 g/mol. The lowest BCUT2D eigenvalue weighted by Gasteiger charge is -2.37. The third-order valence-electron chi connectivity index (χ3n) is 4.36. The van der Waals surface area contributed by atoms with E-state index in [2.05, 4.69) is 54.2 Å². The average Bonchev–Trinajstić information content (AvgIpc) is 2.62. The van der Waals surface area contributed by atoms with Crippen LogP contribution >= 0.6 is 0 Å². The van der Waals surface area contributed by atoms with Crippen LogP contribution in [-0.4, -0.2) is 39.9 Å². The van der Waals surface area contributed by atoms with Gasteiger partial charge in [0.1, 0.15) is 5.82 Å². The van der Waals surface area contributed by atoms with Gasteiger partial charge in [0, 0.05) is 42.6 Å². The van der Waals surface area contributed by atoms with Gasteiger partial charge in [0.15, 0.2) is 0 Å². The summed E-state index contributed by atoms with van der Waals surface area (Å²) >= 11 is 0. The Morgan fingerprint density at radius 2 is 2.16 bits per heavy atom. The number of aryl methyl sites for hydroxylation is 2. The third-order valence-corrected chi connectivity index (χ3v) is 4.36. The molecule has 2 N–H and O–H groups in total. The summed E-state index contributed by atoms with van der Waals surface area (Å²) in [5.41, 5.74) is 2.21. The average molecular weight is 346 g/mol. The fraction of sp³-hybridized carbons (Fsp3) is 0.700. The number of hydrogen-bond donors (Lipinski definition) is 2. The van der Waals surface area contributed by atoms with Crippen LogP contribution in [0.1, 0.15) is 64.8 Å². The first-order chi connectivity index (χ1) is 11.9. The number of aromatic amines is 1. The zero-order valence-corrected chi connectivity index (χ0v) is 16.6. The molecule has 0 spiro atoms. The topological polar surface area (TPSA) is 56.8 Å². The van der Waals surface area contributed by atoms with E-state index in [1.165, 1.54) is 19.3 Å². The summed E-state index contributed by atoms with van der Waals surface area (Å²) in [4.78, 5) is 7.29. The van der Waals surface area contributed by atoms with Gasteiger partial charge in [-0.1, -0.05) is 13.3 Å². The Bertz CT molecular complexity index is 586. The molecule has 2 heterocycles. The van der Waals surface area contributed by atoms with Crippen molar-refractivity contribution < 1.29 is 0 Å². The van der Waals surface area contributed by atoms with Crippen LogP contribution in [0.15, 0.2) is 18.3 Å². The number of anilines is 1. The van der Waals surface area contributed by atoms with Crippen LogP contribution in [0.5, 0.6) is 0 Å². The van der Waals surface area contributed by atoms with Crippen LogP contribution in [-0.2, 0) is 6.42 Å². The molecular formula is C20H35N5. The van der Waals surface area contributed by atoms with Gasteiger partial charge in [-0.15, -0.1) is 0 Å². The van der Waals surface area contributed by atoms with E-state index in [9.17, 15) is 0 Å². The zero-order valence-electron chi connectivity index (χ0n) is 16.6. The minimum Gasteiger partial charge on any atom is -0.355 e. The number of nitrogens with one attached hydrogen (secondary N) is 2. The van der Waals surface area contributed by atoms with E-state index in [1.807, 2.05) is 19.2 Å². The summed E-state index contributed by atoms with van der Waals surface area (Å²) in [6.45, 7) is 13.0. The smallest absolute Gasteiger partial charge is 0.130 e. The Kier molecular flexibility index (Phi) is 7.24. The van der Waals surface area contributed by atoms with E-state index in [1.54, 1.807) is 0 Å². The van der Waals surface area contributed by atoms with E-state index >= 15 is 0 Å². The van der Waals surface area contributed by atoms with Crippen LogP contribution in [0.3, 0.4) is 0 Å². The Labute approximate surface area is 153 Å². The van der Waals surface area contributed by atoms with Crippen molar-refractivity contribution in [2.24, 2.45) is 0 Å². The highest BCUT2D eigenvalue weighted by molar-refractivity contribution is 5.40. The molecule has 1 fully saturated rings. The second kappa shape index (κ2) is 9.18. The molecule has 0 amide bonds. The van der Waals surface area contributed by atoms with E-state index in [4.69, 9.17) is 4.98 Å². The number of unbranched alkanes of at least 4 members (excludes halogenated alkanes) is 1. The minimum atomic E-state index is 0.139. The lowest BCUT2D eigenvalue weighted by molar-refractivity contribution is 0.323. The van der Waals surface area contributed by atoms with Crippen LogP contribution in [0, 0.1) is 6.92 Å². The van der Waals surface area contributed by atoms with Gasteiger partial charge in [0.25, 0.3) is 0 Å². The summed E-state index contributed by atoms with van der Waals surface area (Å²) in [5, 5.41) is 11.3. The Balaban J connectivity index is 2.28. The molecule has 0 saturated carbocycles. The van der Waals surface area contributed by atoms with Crippen LogP contribution in [0.2, 0.25) is 0 Å². The summed E-state index contributed by atoms with van der Waals surface area (Å²) < 4.78 is 0. The largest absolute Gasteiger partial charge is 0.355 e. The molecule has 5 heteroatoms. The fourth-order valence-electron chi connectivity index (χ4n) is 3.27. The molecule has 25 heavy (non-hydrogen) atoms. The number of hydrogen-bond acceptors (Lipinski definition) is 4. The number of H-pyrrole nitrogens is 1. The van der Waals surface area contributed by atoms with Crippen molar-refractivity contribution in [3.63, 3.8) is 0 Å². The van der Waals surface area contributed by atoms with Gasteiger partial charge in [0.2, 0.25) is 0 Å². The molecule has 1 aromatic heterocycles. The SMILES string of the molecule is CCCCc1cc(N2CCCC(NC(C)(C)C)C2)nc(C)cc[nH]n1. The van der Waals surface area contributed by atoms with Gasteiger partial charge in [-0.2, -0.15) is 5.10 Å². The lowest BCUT2D eigenvalue weighted by Crippen LogP contribution is -2.52. The highest BCUT2D eigenvalue weighted by Gasteiger charge is 2.24. The molecular weight excluding hydrogens is 310 g/mol. The summed E-state index contributed by atoms with van der Waals surface area (Å²) in [5.74, 6) is 1.04. The fourth-order valence-corrected chi connectivity index (χ4v) is 3.27. The molecule has 1 atom stereocenters. The highest BCUT2D eigenvalue weighted by atomic mass is 15.2. The first-order valence-corrected chi connectivity index (χ1v) is 9.65. The molecule has 0 radical (unpaired) electrons. The molecule has 1 aliphatic rings. The molecule has 140 valence electrons. The van der Waals surface area contributed by atoms with Crippen molar-refractivity contribution in [3.05, 3.63) is 29.7 Å². The van der Waals surface area contributed by atoms with Crippen molar-refractivity contribution in [1.82, 2.24) is 20.5 Å². The molecule has 0 aromatic carbocycles. The number of rotatable bonds is 5. The number of aromatic nitrogens is 3. The van der Waals surface area contributed by atoms with E-state index < -0.39 is 0 Å². The van der Waals surface area contributed by atoms with Crippen LogP contribution in [0.4, 0.5) is 5.82 Å². The van der Waals surface area contributed by atoms with Gasteiger partial charge >= 0.3 is 0 Å². The molecule has 2 rings (SSSR count). The van der Waals surface area contributed by atoms with E-state index in [0.29, 0.717) is 6.04 Å². The van der Waals surface area contributed by atoms with Gasteiger partial charge in [-0.3, -0.25) is 5.10 Å². The second-order valence-corrected chi connectivity index (χ2v) is 8.10. The summed E-state index contributed by atoms with van der Waals surface area (Å²) in [6, 6.07) is 4.65. The quantitative estimate of drug-likeness (QED) is 0.849. The molecule has 1 aliphatic heterocycles. The van der Waals surface area contributed by atoms with Gasteiger partial charge in [-0.05, 0) is 59.4 Å². The van der Waals surface area contributed by atoms with Gasteiger partial charge in [-0.25, -0.2) is 4.98 Å². The zero-order chi connectivity index (χ0) is 18.3. The van der Waals surface area contributed by atoms with Gasteiger partial charge < -0.3 is 10.2 Å². The molecule has 5 nitrogen and oxygen atoms in total. The van der Waals surface area contributed by atoms with Crippen molar-refractivity contribution in [3.8, 4) is 0 Å². The molecule has 1 saturated heterocycles. The van der Waals surface area contributed by atoms with Crippen molar-refractivity contribution in [2.45, 2.75) is 78.3 Å². The second-order valence-electron chi connectivity index (χ2n) is 8.10. The van der Waals surface area contributed by atoms with Crippen molar-refractivity contribution >= 4 is 5.82 Å². The Morgan fingerprint density at radius 3 is 2.88 bits per heavy atom. The first-order valence-electron chi connectivity index (χ1n) is 9.65.